The molecule has 2 aromatic heterocycles. The van der Waals surface area contributed by atoms with E-state index in [0.29, 0.717) is 6.54 Å². The summed E-state index contributed by atoms with van der Waals surface area (Å²) < 4.78 is 7.16. The maximum Gasteiger partial charge on any atom is 0.169 e. The van der Waals surface area contributed by atoms with Gasteiger partial charge in [-0.3, -0.25) is 0 Å². The molecule has 3 rings (SSSR count). The lowest BCUT2D eigenvalue weighted by molar-refractivity contribution is -0.697. The molecule has 6 nitrogen and oxygen atoms in total. The lowest BCUT2D eigenvalue weighted by atomic mass is 10.1. The van der Waals surface area contributed by atoms with Crippen LogP contribution in [-0.2, 0) is 6.54 Å². The zero-order valence-corrected chi connectivity index (χ0v) is 15.4. The highest BCUT2D eigenvalue weighted by Gasteiger charge is 2.14. The first kappa shape index (κ1) is 18.1. The summed E-state index contributed by atoms with van der Waals surface area (Å²) in [6.07, 6.45) is 9.26. The van der Waals surface area contributed by atoms with Crippen LogP contribution in [0.4, 0.5) is 5.69 Å². The van der Waals surface area contributed by atoms with E-state index < -0.39 is 0 Å². The van der Waals surface area contributed by atoms with Gasteiger partial charge in [-0.1, -0.05) is 18.2 Å². The Morgan fingerprint density at radius 3 is 2.46 bits per heavy atom. The summed E-state index contributed by atoms with van der Waals surface area (Å²) in [6, 6.07) is 8.34. The van der Waals surface area contributed by atoms with Crippen LogP contribution in [0.3, 0.4) is 0 Å². The Kier molecular flexibility index (Phi) is 5.96. The van der Waals surface area contributed by atoms with Gasteiger partial charge in [0.2, 0.25) is 0 Å². The molecule has 0 fully saturated rings. The molecule has 0 spiro atoms. The fraction of sp³-hybridized carbons (Fsp3) is 0.350. The Balaban J connectivity index is 1.84. The molecule has 2 heterocycles. The van der Waals surface area contributed by atoms with E-state index in [4.69, 9.17) is 10.4 Å². The van der Waals surface area contributed by atoms with E-state index in [9.17, 15) is 0 Å². The molecule has 0 bridgehead atoms. The predicted octanol–water partition coefficient (Wildman–Crippen LogP) is 2.88. The Morgan fingerprint density at radius 2 is 1.77 bits per heavy atom. The number of hydrogen-bond donors (Lipinski definition) is 1. The maximum absolute atomic E-state index is 5.56. The highest BCUT2D eigenvalue weighted by atomic mass is 16.6. The molecule has 0 aliphatic heterocycles. The highest BCUT2D eigenvalue weighted by molar-refractivity contribution is 5.95. The molecule has 136 valence electrons. The van der Waals surface area contributed by atoms with Gasteiger partial charge in [-0.25, -0.2) is 9.20 Å². The van der Waals surface area contributed by atoms with Gasteiger partial charge < -0.3 is 10.6 Å². The number of hydrogen-bond acceptors (Lipinski definition) is 5. The first-order valence-corrected chi connectivity index (χ1v) is 9.14. The summed E-state index contributed by atoms with van der Waals surface area (Å²) in [7, 11) is 0. The summed E-state index contributed by atoms with van der Waals surface area (Å²) in [5.41, 5.74) is 10.3. The minimum absolute atomic E-state index is 0.708. The zero-order valence-electron chi connectivity index (χ0n) is 15.4. The standard InChI is InChI=1S/C20H26N5O/c1-3-25(4-2)18-9-8-17(19-20(18)23-26-22-19)7-6-16-10-14-24(15-11-16)13-5-12-21/h6-11,14-15H,3-5,12-13,21H2,1-2H3/q+1. The number of nitrogens with two attached hydrogens (primary N) is 1. The molecule has 0 saturated heterocycles. The third-order valence-electron chi connectivity index (χ3n) is 4.52. The Hall–Kier alpha value is -2.73. The topological polar surface area (TPSA) is 72.1 Å². The molecule has 0 amide bonds. The second-order valence-corrected chi connectivity index (χ2v) is 6.15. The molecule has 6 heteroatoms. The van der Waals surface area contributed by atoms with Crippen molar-refractivity contribution in [2.24, 2.45) is 5.73 Å². The number of pyridine rings is 1. The van der Waals surface area contributed by atoms with Gasteiger partial charge in [0.25, 0.3) is 0 Å². The number of rotatable bonds is 8. The van der Waals surface area contributed by atoms with Gasteiger partial charge in [0.05, 0.1) is 5.69 Å². The third kappa shape index (κ3) is 3.91. The van der Waals surface area contributed by atoms with Crippen molar-refractivity contribution in [1.82, 2.24) is 10.3 Å². The molecule has 0 aliphatic rings. The van der Waals surface area contributed by atoms with E-state index >= 15 is 0 Å². The first-order valence-electron chi connectivity index (χ1n) is 9.14. The number of anilines is 1. The normalized spacial score (nSPS) is 11.5. The summed E-state index contributed by atoms with van der Waals surface area (Å²) >= 11 is 0. The molecule has 2 N–H and O–H groups in total. The number of nitrogens with zero attached hydrogens (tertiary/aromatic N) is 4. The van der Waals surface area contributed by atoms with Crippen molar-refractivity contribution in [3.05, 3.63) is 47.8 Å². The van der Waals surface area contributed by atoms with Crippen LogP contribution >= 0.6 is 0 Å². The molecule has 26 heavy (non-hydrogen) atoms. The number of aromatic nitrogens is 3. The summed E-state index contributed by atoms with van der Waals surface area (Å²) in [6.45, 7) is 7.75. The summed E-state index contributed by atoms with van der Waals surface area (Å²) in [5.74, 6) is 0. The van der Waals surface area contributed by atoms with Crippen LogP contribution < -0.4 is 15.2 Å². The van der Waals surface area contributed by atoms with Gasteiger partial charge in [0.1, 0.15) is 12.1 Å². The van der Waals surface area contributed by atoms with E-state index in [1.165, 1.54) is 0 Å². The average molecular weight is 352 g/mol. The quantitative estimate of drug-likeness (QED) is 0.631. The minimum atomic E-state index is 0.708. The van der Waals surface area contributed by atoms with E-state index in [-0.39, 0.29) is 0 Å². The largest absolute Gasteiger partial charge is 0.370 e. The fourth-order valence-electron chi connectivity index (χ4n) is 3.02. The molecule has 1 aromatic carbocycles. The SMILES string of the molecule is CCN(CC)c1ccc(C=Cc2cc[n+](CCCN)cc2)c2nonc12. The molecular formula is C20H26N5O+. The van der Waals surface area contributed by atoms with Gasteiger partial charge in [-0.2, -0.15) is 0 Å². The highest BCUT2D eigenvalue weighted by Crippen LogP contribution is 2.28. The van der Waals surface area contributed by atoms with Crippen LogP contribution in [-0.4, -0.2) is 29.9 Å². The predicted molar refractivity (Wildman–Crippen MR) is 105 cm³/mol. The Morgan fingerprint density at radius 1 is 1.04 bits per heavy atom. The second-order valence-electron chi connectivity index (χ2n) is 6.15. The second kappa shape index (κ2) is 8.58. The minimum Gasteiger partial charge on any atom is -0.370 e. The van der Waals surface area contributed by atoms with Gasteiger partial charge in [-0.05, 0) is 42.3 Å². The number of fused-ring (bicyclic) bond motifs is 1. The van der Waals surface area contributed by atoms with Crippen LogP contribution in [0.5, 0.6) is 0 Å². The van der Waals surface area contributed by atoms with E-state index in [1.807, 2.05) is 0 Å². The lowest BCUT2D eigenvalue weighted by Gasteiger charge is -2.20. The smallest absolute Gasteiger partial charge is 0.169 e. The first-order chi connectivity index (χ1) is 12.8. The van der Waals surface area contributed by atoms with Crippen LogP contribution in [0.2, 0.25) is 0 Å². The van der Waals surface area contributed by atoms with Crippen molar-refractivity contribution >= 4 is 28.9 Å². The van der Waals surface area contributed by atoms with Crippen LogP contribution in [0, 0.1) is 0 Å². The number of aryl methyl sites for hydroxylation is 1. The Labute approximate surface area is 153 Å². The van der Waals surface area contributed by atoms with Gasteiger partial charge in [0, 0.05) is 37.2 Å². The fourth-order valence-corrected chi connectivity index (χ4v) is 3.02. The molecule has 3 aromatic rings. The maximum atomic E-state index is 5.56. The van der Waals surface area contributed by atoms with Gasteiger partial charge in [0.15, 0.2) is 17.9 Å². The van der Waals surface area contributed by atoms with Crippen LogP contribution in [0.15, 0.2) is 41.3 Å². The van der Waals surface area contributed by atoms with Gasteiger partial charge in [-0.15, -0.1) is 0 Å². The molecule has 0 saturated carbocycles. The van der Waals surface area contributed by atoms with Crippen molar-refractivity contribution in [3.8, 4) is 0 Å². The molecular weight excluding hydrogens is 326 g/mol. The van der Waals surface area contributed by atoms with Gasteiger partial charge >= 0.3 is 0 Å². The monoisotopic (exact) mass is 352 g/mol. The zero-order chi connectivity index (χ0) is 18.4. The summed E-state index contributed by atoms with van der Waals surface area (Å²) in [5, 5.41) is 8.23. The van der Waals surface area contributed by atoms with Crippen molar-refractivity contribution < 1.29 is 9.20 Å². The van der Waals surface area contributed by atoms with E-state index in [1.54, 1.807) is 0 Å². The van der Waals surface area contributed by atoms with Crippen LogP contribution in [0.25, 0.3) is 23.2 Å². The number of benzene rings is 1. The lowest BCUT2D eigenvalue weighted by Crippen LogP contribution is -2.33. The Bertz CT molecular complexity index is 866. The molecule has 0 radical (unpaired) electrons. The van der Waals surface area contributed by atoms with Crippen molar-refractivity contribution in [1.29, 1.82) is 0 Å². The van der Waals surface area contributed by atoms with E-state index in [2.05, 4.69) is 82.4 Å². The molecule has 0 atom stereocenters. The third-order valence-corrected chi connectivity index (χ3v) is 4.52. The molecule has 0 unspecified atom stereocenters. The summed E-state index contributed by atoms with van der Waals surface area (Å²) in [4.78, 5) is 2.25. The van der Waals surface area contributed by atoms with E-state index in [0.717, 1.165) is 53.9 Å². The van der Waals surface area contributed by atoms with Crippen LogP contribution in [0.1, 0.15) is 31.4 Å². The average Bonchev–Trinajstić information content (AvgIpc) is 3.17. The van der Waals surface area contributed by atoms with Crippen molar-refractivity contribution in [3.63, 3.8) is 0 Å². The van der Waals surface area contributed by atoms with Crippen molar-refractivity contribution in [2.75, 3.05) is 24.5 Å². The van der Waals surface area contributed by atoms with Crippen molar-refractivity contribution in [2.45, 2.75) is 26.8 Å². The molecule has 0 aliphatic carbocycles.